The Kier molecular flexibility index (Phi) is 2.64. The maximum Gasteiger partial charge on any atom is 0.292 e. The monoisotopic (exact) mass is 258 g/mol. The van der Waals surface area contributed by atoms with Gasteiger partial charge < -0.3 is 19.9 Å². The summed E-state index contributed by atoms with van der Waals surface area (Å²) in [4.78, 5) is 14.8. The fourth-order valence-corrected chi connectivity index (χ4v) is 1.81. The van der Waals surface area contributed by atoms with Gasteiger partial charge in [-0.3, -0.25) is 4.79 Å². The van der Waals surface area contributed by atoms with Gasteiger partial charge in [-0.2, -0.15) is 0 Å². The quantitative estimate of drug-likeness (QED) is 0.653. The Labute approximate surface area is 107 Å². The first-order valence-electron chi connectivity index (χ1n) is 5.61. The summed E-state index contributed by atoms with van der Waals surface area (Å²) in [6.07, 6.45) is 2.95. The number of carbonyl (C=O) groups is 1. The van der Waals surface area contributed by atoms with Gasteiger partial charge in [0.1, 0.15) is 5.95 Å². The molecule has 7 nitrogen and oxygen atoms in total. The van der Waals surface area contributed by atoms with Gasteiger partial charge in [0, 0.05) is 22.8 Å². The van der Waals surface area contributed by atoms with Crippen LogP contribution in [0.5, 0.6) is 5.95 Å². The molecule has 0 bridgehead atoms. The summed E-state index contributed by atoms with van der Waals surface area (Å²) < 4.78 is 5.48. The number of H-pyrrole nitrogens is 1. The smallest absolute Gasteiger partial charge is 0.292 e. The molecular weight excluding hydrogens is 248 g/mol. The number of aromatic nitrogens is 3. The van der Waals surface area contributed by atoms with Crippen molar-refractivity contribution in [3.8, 4) is 5.95 Å². The van der Waals surface area contributed by atoms with Crippen LogP contribution in [0.25, 0.3) is 10.9 Å². The van der Waals surface area contributed by atoms with E-state index in [2.05, 4.69) is 20.1 Å². The number of nitrogens with one attached hydrogen (secondary N) is 2. The number of amides is 1. The van der Waals surface area contributed by atoms with Crippen LogP contribution in [0.4, 0.5) is 5.69 Å². The first-order chi connectivity index (χ1) is 9.20. The molecule has 2 N–H and O–H groups in total. The molecule has 0 atom stereocenters. The van der Waals surface area contributed by atoms with Crippen molar-refractivity contribution in [2.75, 3.05) is 5.32 Å². The third-order valence-corrected chi connectivity index (χ3v) is 2.63. The highest BCUT2D eigenvalue weighted by Gasteiger charge is 2.12. The first kappa shape index (κ1) is 11.3. The zero-order chi connectivity index (χ0) is 13.2. The van der Waals surface area contributed by atoms with Crippen molar-refractivity contribution in [2.45, 2.75) is 6.54 Å². The van der Waals surface area contributed by atoms with E-state index in [0.29, 0.717) is 5.69 Å². The predicted octanol–water partition coefficient (Wildman–Crippen LogP) is 0.156. The Morgan fingerprint density at radius 1 is 1.47 bits per heavy atom. The number of hydrogen-bond donors (Lipinski definition) is 2. The number of hydrogen-bond acceptors (Lipinski definition) is 4. The number of carbonyl (C=O) groups excluding carboxylic acids is 1. The second-order valence-corrected chi connectivity index (χ2v) is 4.05. The van der Waals surface area contributed by atoms with E-state index in [1.807, 2.05) is 24.4 Å². The average molecular weight is 258 g/mol. The van der Waals surface area contributed by atoms with Gasteiger partial charge in [0.15, 0.2) is 0 Å². The largest absolute Gasteiger partial charge is 0.539 e. The maximum atomic E-state index is 11.7. The molecule has 0 fully saturated rings. The molecule has 96 valence electrons. The van der Waals surface area contributed by atoms with Crippen LogP contribution in [-0.2, 0) is 11.3 Å². The lowest BCUT2D eigenvalue weighted by Crippen LogP contribution is -2.41. The summed E-state index contributed by atoms with van der Waals surface area (Å²) in [7, 11) is 0. The Balaban J connectivity index is 1.71. The maximum absolute atomic E-state index is 11.7. The molecule has 0 saturated heterocycles. The van der Waals surface area contributed by atoms with Crippen LogP contribution in [-0.4, -0.2) is 16.2 Å². The Morgan fingerprint density at radius 3 is 3.16 bits per heavy atom. The molecule has 0 aliphatic carbocycles. The van der Waals surface area contributed by atoms with Crippen LogP contribution in [0.1, 0.15) is 0 Å². The lowest BCUT2D eigenvalue weighted by molar-refractivity contribution is -0.750. The summed E-state index contributed by atoms with van der Waals surface area (Å²) in [5.41, 5.74) is 1.68. The van der Waals surface area contributed by atoms with Gasteiger partial charge in [0.05, 0.1) is 5.27 Å². The molecule has 7 heteroatoms. The number of benzene rings is 1. The van der Waals surface area contributed by atoms with Gasteiger partial charge >= 0.3 is 0 Å². The van der Waals surface area contributed by atoms with Crippen molar-refractivity contribution in [1.29, 1.82) is 0 Å². The van der Waals surface area contributed by atoms with E-state index in [1.165, 1.54) is 0 Å². The second-order valence-electron chi connectivity index (χ2n) is 4.05. The number of anilines is 1. The van der Waals surface area contributed by atoms with Gasteiger partial charge in [0.25, 0.3) is 12.5 Å². The second kappa shape index (κ2) is 4.45. The van der Waals surface area contributed by atoms with Crippen molar-refractivity contribution in [1.82, 2.24) is 10.3 Å². The van der Waals surface area contributed by atoms with Crippen LogP contribution in [0.2, 0.25) is 0 Å². The SMILES string of the molecule is O=C(C[n+]1cc([O-])on1)Nc1ccc2[nH]ccc2c1. The number of rotatable bonds is 3. The minimum absolute atomic E-state index is 0.0725. The topological polar surface area (TPSA) is 97.9 Å². The highest BCUT2D eigenvalue weighted by atomic mass is 16.6. The molecule has 0 unspecified atom stereocenters. The summed E-state index contributed by atoms with van der Waals surface area (Å²) in [5.74, 6) is -0.866. The van der Waals surface area contributed by atoms with Crippen molar-refractivity contribution in [3.05, 3.63) is 36.7 Å². The number of nitrogens with zero attached hydrogens (tertiary/aromatic N) is 2. The zero-order valence-corrected chi connectivity index (χ0v) is 9.79. The van der Waals surface area contributed by atoms with E-state index in [9.17, 15) is 9.90 Å². The van der Waals surface area contributed by atoms with Crippen molar-refractivity contribution < 1.29 is 19.1 Å². The molecule has 3 aromatic rings. The third kappa shape index (κ3) is 2.39. The minimum atomic E-state index is -0.582. The molecule has 0 radical (unpaired) electrons. The Morgan fingerprint density at radius 2 is 2.37 bits per heavy atom. The minimum Gasteiger partial charge on any atom is -0.539 e. The van der Waals surface area contributed by atoms with Crippen LogP contribution in [0.15, 0.2) is 41.2 Å². The van der Waals surface area contributed by atoms with E-state index < -0.39 is 5.95 Å². The Bertz CT molecular complexity index is 731. The van der Waals surface area contributed by atoms with Crippen LogP contribution < -0.4 is 15.1 Å². The zero-order valence-electron chi connectivity index (χ0n) is 9.79. The van der Waals surface area contributed by atoms with Crippen LogP contribution in [0, 0.1) is 0 Å². The highest BCUT2D eigenvalue weighted by Crippen LogP contribution is 2.17. The number of aromatic amines is 1. The molecule has 1 aromatic carbocycles. The molecule has 2 aromatic heterocycles. The molecule has 0 aliphatic rings. The number of fused-ring (bicyclic) bond motifs is 1. The van der Waals surface area contributed by atoms with E-state index in [1.54, 1.807) is 6.07 Å². The summed E-state index contributed by atoms with van der Waals surface area (Å²) in [6.45, 7) is -0.0725. The van der Waals surface area contributed by atoms with Gasteiger partial charge in [-0.25, -0.2) is 0 Å². The molecule has 1 amide bonds. The van der Waals surface area contributed by atoms with Crippen LogP contribution >= 0.6 is 0 Å². The first-order valence-corrected chi connectivity index (χ1v) is 5.61. The molecule has 3 rings (SSSR count). The summed E-state index contributed by atoms with van der Waals surface area (Å²) >= 11 is 0. The van der Waals surface area contributed by atoms with E-state index in [4.69, 9.17) is 0 Å². The standard InChI is InChI=1S/C12H9N4O3/c17-11(6-16-7-12(18)19-15-16)14-9-1-2-10-8(5-9)3-4-13-10/h1-5,7,18H,6H2/q-1/p+1. The fraction of sp³-hybridized carbons (Fsp3) is 0.0833. The third-order valence-electron chi connectivity index (χ3n) is 2.63. The predicted molar refractivity (Wildman–Crippen MR) is 63.1 cm³/mol. The lowest BCUT2D eigenvalue weighted by Gasteiger charge is -2.02. The van der Waals surface area contributed by atoms with Gasteiger partial charge in [0.2, 0.25) is 6.20 Å². The van der Waals surface area contributed by atoms with Gasteiger partial charge in [-0.05, 0) is 24.3 Å². The van der Waals surface area contributed by atoms with E-state index in [-0.39, 0.29) is 12.5 Å². The van der Waals surface area contributed by atoms with Gasteiger partial charge in [-0.1, -0.05) is 4.68 Å². The van der Waals surface area contributed by atoms with Crippen LogP contribution in [0.3, 0.4) is 0 Å². The molecule has 0 saturated carbocycles. The highest BCUT2D eigenvalue weighted by molar-refractivity contribution is 5.93. The summed E-state index contributed by atoms with van der Waals surface area (Å²) in [6, 6.07) is 7.45. The molecule has 0 spiro atoms. The van der Waals surface area contributed by atoms with Crippen molar-refractivity contribution >= 4 is 22.5 Å². The lowest BCUT2D eigenvalue weighted by atomic mass is 10.2. The van der Waals surface area contributed by atoms with E-state index in [0.717, 1.165) is 21.8 Å². The molecule has 2 heterocycles. The normalized spacial score (nSPS) is 10.7. The van der Waals surface area contributed by atoms with Gasteiger partial charge in [-0.15, -0.1) is 0 Å². The summed E-state index contributed by atoms with van der Waals surface area (Å²) in [5, 5.41) is 17.9. The average Bonchev–Trinajstić information content (AvgIpc) is 2.97. The van der Waals surface area contributed by atoms with Crippen molar-refractivity contribution in [2.24, 2.45) is 0 Å². The fourth-order valence-electron chi connectivity index (χ4n) is 1.81. The Hall–Kier alpha value is -2.83. The molecule has 0 aliphatic heterocycles. The van der Waals surface area contributed by atoms with Crippen molar-refractivity contribution in [3.63, 3.8) is 0 Å². The molecular formula is C12H10N4O3. The van der Waals surface area contributed by atoms with E-state index >= 15 is 0 Å². The molecule has 19 heavy (non-hydrogen) atoms.